The number of nitrogens with zero attached hydrogens (tertiary/aromatic N) is 3. The van der Waals surface area contributed by atoms with E-state index in [4.69, 9.17) is 0 Å². The van der Waals surface area contributed by atoms with Gasteiger partial charge in [0.2, 0.25) is 0 Å². The first-order valence-corrected chi connectivity index (χ1v) is 9.01. The van der Waals surface area contributed by atoms with Gasteiger partial charge < -0.3 is 10.2 Å². The van der Waals surface area contributed by atoms with Gasteiger partial charge in [-0.15, -0.1) is 0 Å². The van der Waals surface area contributed by atoms with Crippen LogP contribution in [0.1, 0.15) is 56.2 Å². The normalized spacial score (nSPS) is 18.0. The number of carbonyl (C=O) groups excluding carboxylic acids is 1. The Hall–Kier alpha value is -2.64. The molecule has 3 rings (SSSR count). The van der Waals surface area contributed by atoms with Gasteiger partial charge in [-0.2, -0.15) is 10.2 Å². The first-order valence-electron chi connectivity index (χ1n) is 9.01. The highest BCUT2D eigenvalue weighted by Gasteiger charge is 2.25. The van der Waals surface area contributed by atoms with E-state index in [1.807, 2.05) is 0 Å². The molecule has 0 aliphatic carbocycles. The summed E-state index contributed by atoms with van der Waals surface area (Å²) in [5.41, 5.74) is 1.03. The number of nitrogens with one attached hydrogen (secondary N) is 3. The molecule has 8 nitrogen and oxygen atoms in total. The third-order valence-electron chi connectivity index (χ3n) is 4.70. The third kappa shape index (κ3) is 4.12. The van der Waals surface area contributed by atoms with Gasteiger partial charge in [0.25, 0.3) is 11.5 Å². The van der Waals surface area contributed by atoms with Gasteiger partial charge in [-0.1, -0.05) is 20.8 Å². The van der Waals surface area contributed by atoms with Crippen molar-refractivity contribution in [2.24, 2.45) is 0 Å². The molecule has 0 aromatic carbocycles. The lowest BCUT2D eigenvalue weighted by Crippen LogP contribution is -2.47. The Labute approximate surface area is 152 Å². The van der Waals surface area contributed by atoms with Crippen molar-refractivity contribution in [2.75, 3.05) is 18.0 Å². The second kappa shape index (κ2) is 7.31. The number of aromatic nitrogens is 4. The molecule has 3 heterocycles. The monoisotopic (exact) mass is 358 g/mol. The van der Waals surface area contributed by atoms with Crippen LogP contribution in [0, 0.1) is 0 Å². The number of anilines is 1. The molecule has 140 valence electrons. The summed E-state index contributed by atoms with van der Waals surface area (Å²) in [5.74, 6) is 0.551. The minimum Gasteiger partial charge on any atom is -0.350 e. The maximum Gasteiger partial charge on any atom is 0.271 e. The van der Waals surface area contributed by atoms with Crippen molar-refractivity contribution in [1.82, 2.24) is 25.7 Å². The number of H-pyrrole nitrogens is 2. The van der Waals surface area contributed by atoms with Crippen LogP contribution in [0.3, 0.4) is 0 Å². The Morgan fingerprint density at radius 3 is 2.73 bits per heavy atom. The molecule has 1 aliphatic rings. The highest BCUT2D eigenvalue weighted by atomic mass is 16.2. The number of rotatable bonds is 4. The van der Waals surface area contributed by atoms with E-state index in [-0.39, 0.29) is 22.9 Å². The summed E-state index contributed by atoms with van der Waals surface area (Å²) in [6, 6.07) is 5.15. The van der Waals surface area contributed by atoms with Gasteiger partial charge in [0.1, 0.15) is 11.5 Å². The van der Waals surface area contributed by atoms with Gasteiger partial charge in [0, 0.05) is 36.3 Å². The van der Waals surface area contributed by atoms with Crippen LogP contribution >= 0.6 is 0 Å². The van der Waals surface area contributed by atoms with Crippen molar-refractivity contribution in [1.29, 1.82) is 0 Å². The number of carbonyl (C=O) groups is 1. The van der Waals surface area contributed by atoms with Crippen LogP contribution in [0.5, 0.6) is 0 Å². The quantitative estimate of drug-likeness (QED) is 0.769. The second-order valence-electron chi connectivity index (χ2n) is 7.75. The number of piperidine rings is 1. The molecule has 1 saturated heterocycles. The maximum absolute atomic E-state index is 12.4. The van der Waals surface area contributed by atoms with Crippen LogP contribution in [0.25, 0.3) is 0 Å². The van der Waals surface area contributed by atoms with Crippen LogP contribution < -0.4 is 15.8 Å². The molecule has 2 aromatic rings. The largest absolute Gasteiger partial charge is 0.350 e. The lowest BCUT2D eigenvalue weighted by molar-refractivity contribution is 0.0944. The van der Waals surface area contributed by atoms with Crippen molar-refractivity contribution >= 4 is 11.7 Å². The zero-order valence-electron chi connectivity index (χ0n) is 15.5. The van der Waals surface area contributed by atoms with Crippen molar-refractivity contribution in [3.8, 4) is 0 Å². The van der Waals surface area contributed by atoms with Crippen molar-refractivity contribution < 1.29 is 4.79 Å². The average Bonchev–Trinajstić information content (AvgIpc) is 3.11. The van der Waals surface area contributed by atoms with E-state index in [1.54, 1.807) is 12.1 Å². The SMILES string of the molecule is CC(C)(C)c1cc(C(=O)NCC2CCCCN2c2ccc(=O)[nH]n2)n[nH]1. The smallest absolute Gasteiger partial charge is 0.271 e. The predicted octanol–water partition coefficient (Wildman–Crippen LogP) is 1.58. The molecule has 2 aromatic heterocycles. The molecule has 0 bridgehead atoms. The summed E-state index contributed by atoms with van der Waals surface area (Å²) >= 11 is 0. The van der Waals surface area contributed by atoms with E-state index in [1.165, 1.54) is 6.07 Å². The van der Waals surface area contributed by atoms with Crippen molar-refractivity contribution in [2.45, 2.75) is 51.5 Å². The molecule has 0 spiro atoms. The highest BCUT2D eigenvalue weighted by Crippen LogP contribution is 2.22. The van der Waals surface area contributed by atoms with E-state index in [2.05, 4.69) is 51.4 Å². The Kier molecular flexibility index (Phi) is 5.11. The van der Waals surface area contributed by atoms with Gasteiger partial charge in [0.05, 0.1) is 0 Å². The molecular formula is C18H26N6O2. The molecule has 1 unspecified atom stereocenters. The van der Waals surface area contributed by atoms with Gasteiger partial charge in [-0.05, 0) is 31.4 Å². The van der Waals surface area contributed by atoms with Crippen LogP contribution in [0.15, 0.2) is 23.0 Å². The fraction of sp³-hybridized carbons (Fsp3) is 0.556. The summed E-state index contributed by atoms with van der Waals surface area (Å²) in [6.45, 7) is 7.57. The summed E-state index contributed by atoms with van der Waals surface area (Å²) in [5, 5.41) is 16.7. The fourth-order valence-corrected chi connectivity index (χ4v) is 3.13. The summed E-state index contributed by atoms with van der Waals surface area (Å²) < 4.78 is 0. The maximum atomic E-state index is 12.4. The first-order chi connectivity index (χ1) is 12.3. The summed E-state index contributed by atoms with van der Waals surface area (Å²) in [6.07, 6.45) is 3.14. The lowest BCUT2D eigenvalue weighted by atomic mass is 9.92. The zero-order valence-corrected chi connectivity index (χ0v) is 15.5. The number of aromatic amines is 2. The Bertz CT molecular complexity index is 799. The summed E-state index contributed by atoms with van der Waals surface area (Å²) in [4.78, 5) is 25.8. The van der Waals surface area contributed by atoms with Crippen LogP contribution in [0.4, 0.5) is 5.82 Å². The van der Waals surface area contributed by atoms with Gasteiger partial charge in [-0.3, -0.25) is 14.7 Å². The van der Waals surface area contributed by atoms with Gasteiger partial charge in [0.15, 0.2) is 0 Å². The average molecular weight is 358 g/mol. The molecule has 3 N–H and O–H groups in total. The predicted molar refractivity (Wildman–Crippen MR) is 99.5 cm³/mol. The highest BCUT2D eigenvalue weighted by molar-refractivity contribution is 5.92. The second-order valence-corrected chi connectivity index (χ2v) is 7.75. The standard InChI is InChI=1S/C18H26N6O2/c1-18(2,3)14-10-13(20-21-14)17(26)19-11-12-6-4-5-9-24(12)15-7-8-16(25)23-22-15/h7-8,10,12H,4-6,9,11H2,1-3H3,(H,19,26)(H,20,21)(H,23,25). The van der Waals surface area contributed by atoms with E-state index in [9.17, 15) is 9.59 Å². The van der Waals surface area contributed by atoms with Crippen LogP contribution in [-0.2, 0) is 5.41 Å². The topological polar surface area (TPSA) is 107 Å². The minimum absolute atomic E-state index is 0.0818. The van der Waals surface area contributed by atoms with Crippen molar-refractivity contribution in [3.05, 3.63) is 39.9 Å². The minimum atomic E-state index is -0.219. The molecule has 26 heavy (non-hydrogen) atoms. The molecule has 8 heteroatoms. The zero-order chi connectivity index (χ0) is 18.7. The number of amides is 1. The van der Waals surface area contributed by atoms with Gasteiger partial charge in [-0.25, -0.2) is 5.10 Å². The van der Waals surface area contributed by atoms with E-state index in [0.29, 0.717) is 12.2 Å². The number of hydrogen-bond acceptors (Lipinski definition) is 5. The molecule has 1 amide bonds. The molecule has 1 atom stereocenters. The first kappa shape index (κ1) is 18.2. The molecular weight excluding hydrogens is 332 g/mol. The van der Waals surface area contributed by atoms with E-state index >= 15 is 0 Å². The van der Waals surface area contributed by atoms with Crippen molar-refractivity contribution in [3.63, 3.8) is 0 Å². The van der Waals surface area contributed by atoms with E-state index < -0.39 is 0 Å². The Balaban J connectivity index is 1.65. The molecule has 0 saturated carbocycles. The number of hydrogen-bond donors (Lipinski definition) is 3. The Morgan fingerprint density at radius 1 is 1.27 bits per heavy atom. The van der Waals surface area contributed by atoms with Gasteiger partial charge >= 0.3 is 0 Å². The lowest BCUT2D eigenvalue weighted by Gasteiger charge is -2.36. The van der Waals surface area contributed by atoms with Crippen LogP contribution in [0.2, 0.25) is 0 Å². The van der Waals surface area contributed by atoms with E-state index in [0.717, 1.165) is 37.3 Å². The molecule has 0 radical (unpaired) electrons. The van der Waals surface area contributed by atoms with Crippen LogP contribution in [-0.4, -0.2) is 45.4 Å². The summed E-state index contributed by atoms with van der Waals surface area (Å²) in [7, 11) is 0. The fourth-order valence-electron chi connectivity index (χ4n) is 3.13. The Morgan fingerprint density at radius 2 is 2.08 bits per heavy atom. The molecule has 1 aliphatic heterocycles. The molecule has 1 fully saturated rings. The third-order valence-corrected chi connectivity index (χ3v) is 4.70.